The second-order valence-corrected chi connectivity index (χ2v) is 4.73. The predicted octanol–water partition coefficient (Wildman–Crippen LogP) is 3.65. The second-order valence-electron chi connectivity index (χ2n) is 3.90. The van der Waals surface area contributed by atoms with E-state index < -0.39 is 0 Å². The molecular weight excluding hydrogens is 280 g/mol. The van der Waals surface area contributed by atoms with Crippen molar-refractivity contribution in [2.75, 3.05) is 0 Å². The number of benzene rings is 1. The van der Waals surface area contributed by atoms with E-state index in [4.69, 9.17) is 23.8 Å². The van der Waals surface area contributed by atoms with Gasteiger partial charge in [0.25, 0.3) is 0 Å². The average molecular weight is 289 g/mol. The van der Waals surface area contributed by atoms with E-state index >= 15 is 0 Å². The lowest BCUT2D eigenvalue weighted by molar-refractivity contribution is 1.04. The van der Waals surface area contributed by atoms with Crippen molar-refractivity contribution in [1.29, 1.82) is 0 Å². The Labute approximate surface area is 119 Å². The SMILES string of the molecule is S=c1[nH]nc(-c2ccncc2)n1-c1cccc(Cl)c1. The lowest BCUT2D eigenvalue weighted by Crippen LogP contribution is -1.97. The van der Waals surface area contributed by atoms with Crippen molar-refractivity contribution in [2.24, 2.45) is 0 Å². The van der Waals surface area contributed by atoms with Gasteiger partial charge >= 0.3 is 0 Å². The molecule has 1 N–H and O–H groups in total. The Bertz CT molecular complexity index is 764. The monoisotopic (exact) mass is 288 g/mol. The summed E-state index contributed by atoms with van der Waals surface area (Å²) in [5.74, 6) is 0.731. The molecule has 3 rings (SSSR count). The number of hydrogen-bond donors (Lipinski definition) is 1. The molecule has 0 aliphatic heterocycles. The maximum Gasteiger partial charge on any atom is 0.200 e. The third-order valence-electron chi connectivity index (χ3n) is 2.68. The summed E-state index contributed by atoms with van der Waals surface area (Å²) in [6.45, 7) is 0. The molecule has 0 atom stereocenters. The van der Waals surface area contributed by atoms with Crippen molar-refractivity contribution in [1.82, 2.24) is 19.7 Å². The number of rotatable bonds is 2. The summed E-state index contributed by atoms with van der Waals surface area (Å²) in [7, 11) is 0. The van der Waals surface area contributed by atoms with Crippen LogP contribution in [-0.2, 0) is 0 Å². The van der Waals surface area contributed by atoms with Crippen LogP contribution in [0.4, 0.5) is 0 Å². The molecule has 1 aromatic carbocycles. The maximum absolute atomic E-state index is 6.02. The number of halogens is 1. The summed E-state index contributed by atoms with van der Waals surface area (Å²) in [4.78, 5) is 4.00. The number of hydrogen-bond acceptors (Lipinski definition) is 3. The van der Waals surface area contributed by atoms with Gasteiger partial charge in [0.15, 0.2) is 10.6 Å². The number of aromatic nitrogens is 4. The molecular formula is C13H9ClN4S. The van der Waals surface area contributed by atoms with Crippen molar-refractivity contribution < 1.29 is 0 Å². The summed E-state index contributed by atoms with van der Waals surface area (Å²) in [6.07, 6.45) is 3.44. The van der Waals surface area contributed by atoms with E-state index in [1.807, 2.05) is 41.0 Å². The molecule has 6 heteroatoms. The Morgan fingerprint density at radius 1 is 1.16 bits per heavy atom. The first-order valence-corrected chi connectivity index (χ1v) is 6.38. The molecule has 2 heterocycles. The van der Waals surface area contributed by atoms with Crippen LogP contribution >= 0.6 is 23.8 Å². The Morgan fingerprint density at radius 2 is 1.95 bits per heavy atom. The molecule has 0 bridgehead atoms. The minimum absolute atomic E-state index is 0.522. The molecule has 0 aliphatic rings. The first kappa shape index (κ1) is 12.1. The largest absolute Gasteiger partial charge is 0.268 e. The van der Waals surface area contributed by atoms with E-state index in [9.17, 15) is 0 Å². The highest BCUT2D eigenvalue weighted by Gasteiger charge is 2.10. The summed E-state index contributed by atoms with van der Waals surface area (Å²) in [5.41, 5.74) is 1.81. The van der Waals surface area contributed by atoms with Crippen molar-refractivity contribution >= 4 is 23.8 Å². The number of H-pyrrole nitrogens is 1. The minimum Gasteiger partial charge on any atom is -0.268 e. The predicted molar refractivity (Wildman–Crippen MR) is 77.0 cm³/mol. The van der Waals surface area contributed by atoms with Crippen LogP contribution < -0.4 is 0 Å². The van der Waals surface area contributed by atoms with Crippen LogP contribution in [0.15, 0.2) is 48.8 Å². The van der Waals surface area contributed by atoms with Gasteiger partial charge in [-0.25, -0.2) is 0 Å². The molecule has 4 nitrogen and oxygen atoms in total. The number of nitrogens with one attached hydrogen (secondary N) is 1. The smallest absolute Gasteiger partial charge is 0.200 e. The molecule has 0 saturated heterocycles. The number of nitrogens with zero attached hydrogens (tertiary/aromatic N) is 3. The molecule has 19 heavy (non-hydrogen) atoms. The fraction of sp³-hybridized carbons (Fsp3) is 0. The van der Waals surface area contributed by atoms with E-state index in [1.165, 1.54) is 0 Å². The number of pyridine rings is 1. The normalized spacial score (nSPS) is 10.6. The first-order chi connectivity index (χ1) is 9.25. The summed E-state index contributed by atoms with van der Waals surface area (Å²) < 4.78 is 2.37. The summed E-state index contributed by atoms with van der Waals surface area (Å²) in [6, 6.07) is 11.2. The van der Waals surface area contributed by atoms with Gasteiger partial charge in [-0.05, 0) is 42.5 Å². The molecule has 0 radical (unpaired) electrons. The van der Waals surface area contributed by atoms with Gasteiger partial charge in [-0.15, -0.1) is 0 Å². The zero-order chi connectivity index (χ0) is 13.2. The maximum atomic E-state index is 6.02. The zero-order valence-corrected chi connectivity index (χ0v) is 11.3. The third kappa shape index (κ3) is 2.30. The van der Waals surface area contributed by atoms with Gasteiger partial charge in [-0.3, -0.25) is 14.6 Å². The van der Waals surface area contributed by atoms with E-state index in [2.05, 4.69) is 15.2 Å². The molecule has 94 valence electrons. The molecule has 3 aromatic rings. The van der Waals surface area contributed by atoms with Gasteiger partial charge in [-0.2, -0.15) is 5.10 Å². The Balaban J connectivity index is 2.23. The van der Waals surface area contributed by atoms with E-state index in [1.54, 1.807) is 12.4 Å². The molecule has 0 spiro atoms. The molecule has 0 unspecified atom stereocenters. The standard InChI is InChI=1S/C13H9ClN4S/c14-10-2-1-3-11(8-10)18-12(16-17-13(18)19)9-4-6-15-7-5-9/h1-8H,(H,17,19). The fourth-order valence-corrected chi connectivity index (χ4v) is 2.27. The minimum atomic E-state index is 0.522. The Morgan fingerprint density at radius 3 is 2.68 bits per heavy atom. The average Bonchev–Trinajstić information content (AvgIpc) is 2.82. The van der Waals surface area contributed by atoms with Crippen LogP contribution in [0, 0.1) is 4.77 Å². The van der Waals surface area contributed by atoms with Crippen molar-refractivity contribution in [3.8, 4) is 17.1 Å². The van der Waals surface area contributed by atoms with Crippen LogP contribution in [0.3, 0.4) is 0 Å². The summed E-state index contributed by atoms with van der Waals surface area (Å²) in [5, 5.41) is 7.73. The van der Waals surface area contributed by atoms with Crippen LogP contribution in [-0.4, -0.2) is 19.7 Å². The molecule has 0 amide bonds. The van der Waals surface area contributed by atoms with Gasteiger partial charge in [0, 0.05) is 23.0 Å². The molecule has 0 fully saturated rings. The van der Waals surface area contributed by atoms with E-state index in [-0.39, 0.29) is 0 Å². The van der Waals surface area contributed by atoms with E-state index in [0.29, 0.717) is 9.79 Å². The molecule has 0 saturated carbocycles. The number of aromatic amines is 1. The zero-order valence-electron chi connectivity index (χ0n) is 9.75. The van der Waals surface area contributed by atoms with Gasteiger partial charge < -0.3 is 0 Å². The first-order valence-electron chi connectivity index (χ1n) is 5.59. The lowest BCUT2D eigenvalue weighted by Gasteiger charge is -2.06. The fourth-order valence-electron chi connectivity index (χ4n) is 1.85. The quantitative estimate of drug-likeness (QED) is 0.732. The van der Waals surface area contributed by atoms with Crippen molar-refractivity contribution in [3.05, 3.63) is 58.6 Å². The van der Waals surface area contributed by atoms with Crippen molar-refractivity contribution in [3.63, 3.8) is 0 Å². The molecule has 0 aliphatic carbocycles. The Kier molecular flexibility index (Phi) is 3.15. The van der Waals surface area contributed by atoms with Crippen LogP contribution in [0.5, 0.6) is 0 Å². The second kappa shape index (κ2) is 4.95. The Hall–Kier alpha value is -1.98. The highest BCUT2D eigenvalue weighted by Crippen LogP contribution is 2.22. The van der Waals surface area contributed by atoms with Crippen molar-refractivity contribution in [2.45, 2.75) is 0 Å². The summed E-state index contributed by atoms with van der Waals surface area (Å²) >= 11 is 11.3. The van der Waals surface area contributed by atoms with Crippen LogP contribution in [0.1, 0.15) is 0 Å². The highest BCUT2D eigenvalue weighted by molar-refractivity contribution is 7.71. The van der Waals surface area contributed by atoms with Crippen LogP contribution in [0.2, 0.25) is 5.02 Å². The highest BCUT2D eigenvalue weighted by atomic mass is 35.5. The van der Waals surface area contributed by atoms with Gasteiger partial charge in [0.1, 0.15) is 0 Å². The van der Waals surface area contributed by atoms with Gasteiger partial charge in [-0.1, -0.05) is 17.7 Å². The third-order valence-corrected chi connectivity index (χ3v) is 3.19. The van der Waals surface area contributed by atoms with Gasteiger partial charge in [0.2, 0.25) is 0 Å². The topological polar surface area (TPSA) is 46.5 Å². The van der Waals surface area contributed by atoms with Crippen LogP contribution in [0.25, 0.3) is 17.1 Å². The van der Waals surface area contributed by atoms with Gasteiger partial charge in [0.05, 0.1) is 5.69 Å². The lowest BCUT2D eigenvalue weighted by atomic mass is 10.2. The molecule has 2 aromatic heterocycles. The van der Waals surface area contributed by atoms with E-state index in [0.717, 1.165) is 17.1 Å².